The monoisotopic (exact) mass is 291 g/mol. The number of aromatic amines is 1. The average Bonchev–Trinajstić information content (AvgIpc) is 3.15. The number of aromatic nitrogens is 4. The summed E-state index contributed by atoms with van der Waals surface area (Å²) in [7, 11) is 1.82. The standard InChI is InChI=1S/C13H17N5O3/c1-18-6-9(3-16-18)2-13(19)17-11-7-20-8-12(11)21-10-4-14-15-5-10/h3-6,11-12H,2,7-8H2,1H3,(H,14,15)(H,17,19)/t11-,12+/m0/s1. The molecule has 0 aromatic carbocycles. The smallest absolute Gasteiger partial charge is 0.224 e. The molecule has 0 unspecified atom stereocenters. The molecule has 112 valence electrons. The van der Waals surface area contributed by atoms with Gasteiger partial charge in [-0.05, 0) is 5.56 Å². The van der Waals surface area contributed by atoms with Crippen LogP contribution < -0.4 is 10.1 Å². The van der Waals surface area contributed by atoms with Gasteiger partial charge in [0.2, 0.25) is 5.91 Å². The number of amides is 1. The molecule has 8 nitrogen and oxygen atoms in total. The largest absolute Gasteiger partial charge is 0.482 e. The molecular weight excluding hydrogens is 274 g/mol. The zero-order valence-corrected chi connectivity index (χ0v) is 11.7. The number of hydrogen-bond donors (Lipinski definition) is 2. The normalized spacial score (nSPS) is 21.4. The molecule has 2 atom stereocenters. The van der Waals surface area contributed by atoms with E-state index in [2.05, 4.69) is 20.6 Å². The molecular formula is C13H17N5O3. The molecule has 0 bridgehead atoms. The highest BCUT2D eigenvalue weighted by Crippen LogP contribution is 2.15. The van der Waals surface area contributed by atoms with Gasteiger partial charge in [-0.15, -0.1) is 0 Å². The van der Waals surface area contributed by atoms with Crippen LogP contribution in [-0.4, -0.2) is 51.2 Å². The molecule has 0 radical (unpaired) electrons. The molecule has 0 saturated carbocycles. The zero-order valence-electron chi connectivity index (χ0n) is 11.7. The van der Waals surface area contributed by atoms with Gasteiger partial charge in [-0.25, -0.2) is 0 Å². The highest BCUT2D eigenvalue weighted by atomic mass is 16.5. The molecule has 21 heavy (non-hydrogen) atoms. The van der Waals surface area contributed by atoms with Crippen molar-refractivity contribution in [1.29, 1.82) is 0 Å². The number of rotatable bonds is 5. The first-order chi connectivity index (χ1) is 10.2. The lowest BCUT2D eigenvalue weighted by molar-refractivity contribution is -0.121. The molecule has 2 aromatic heterocycles. The summed E-state index contributed by atoms with van der Waals surface area (Å²) >= 11 is 0. The van der Waals surface area contributed by atoms with E-state index in [4.69, 9.17) is 9.47 Å². The van der Waals surface area contributed by atoms with Crippen LogP contribution in [0.5, 0.6) is 5.75 Å². The molecule has 8 heteroatoms. The van der Waals surface area contributed by atoms with E-state index in [1.165, 1.54) is 0 Å². The van der Waals surface area contributed by atoms with E-state index in [-0.39, 0.29) is 18.1 Å². The van der Waals surface area contributed by atoms with Gasteiger partial charge in [-0.2, -0.15) is 10.2 Å². The molecule has 0 spiro atoms. The van der Waals surface area contributed by atoms with Gasteiger partial charge >= 0.3 is 0 Å². The van der Waals surface area contributed by atoms with Gasteiger partial charge < -0.3 is 14.8 Å². The summed E-state index contributed by atoms with van der Waals surface area (Å²) in [6, 6.07) is -0.163. The van der Waals surface area contributed by atoms with E-state index < -0.39 is 0 Å². The summed E-state index contributed by atoms with van der Waals surface area (Å²) in [5, 5.41) is 13.5. The van der Waals surface area contributed by atoms with Gasteiger partial charge in [0.15, 0.2) is 5.75 Å². The van der Waals surface area contributed by atoms with Crippen molar-refractivity contribution in [3.63, 3.8) is 0 Å². The summed E-state index contributed by atoms with van der Waals surface area (Å²) in [6.07, 6.45) is 6.84. The van der Waals surface area contributed by atoms with Crippen LogP contribution in [0.2, 0.25) is 0 Å². The Morgan fingerprint density at radius 3 is 3.19 bits per heavy atom. The first-order valence-electron chi connectivity index (χ1n) is 6.71. The fourth-order valence-electron chi connectivity index (χ4n) is 2.27. The topological polar surface area (TPSA) is 94.1 Å². The SMILES string of the molecule is Cn1cc(CC(=O)N[C@H]2COC[C@H]2Oc2cn[nH]c2)cn1. The summed E-state index contributed by atoms with van der Waals surface area (Å²) in [5.74, 6) is 0.566. The van der Waals surface area contributed by atoms with E-state index in [9.17, 15) is 4.79 Å². The molecule has 1 aliphatic heterocycles. The van der Waals surface area contributed by atoms with Crippen LogP contribution in [0.3, 0.4) is 0 Å². The van der Waals surface area contributed by atoms with E-state index in [0.29, 0.717) is 25.4 Å². The highest BCUT2D eigenvalue weighted by Gasteiger charge is 2.31. The maximum absolute atomic E-state index is 12.0. The van der Waals surface area contributed by atoms with E-state index in [1.807, 2.05) is 13.2 Å². The van der Waals surface area contributed by atoms with Gasteiger partial charge in [-0.3, -0.25) is 14.6 Å². The Balaban J connectivity index is 1.54. The van der Waals surface area contributed by atoms with Crippen molar-refractivity contribution in [2.24, 2.45) is 7.05 Å². The van der Waals surface area contributed by atoms with Crippen LogP contribution in [0.15, 0.2) is 24.8 Å². The van der Waals surface area contributed by atoms with Crippen LogP contribution in [0.1, 0.15) is 5.56 Å². The second kappa shape index (κ2) is 5.96. The lowest BCUT2D eigenvalue weighted by atomic mass is 10.2. The minimum Gasteiger partial charge on any atom is -0.482 e. The van der Waals surface area contributed by atoms with Crippen molar-refractivity contribution in [2.45, 2.75) is 18.6 Å². The predicted octanol–water partition coefficient (Wildman–Crippen LogP) is -0.352. The second-order valence-corrected chi connectivity index (χ2v) is 5.00. The molecule has 1 amide bonds. The number of carbonyl (C=O) groups is 1. The van der Waals surface area contributed by atoms with Gasteiger partial charge in [0.1, 0.15) is 6.10 Å². The number of nitrogens with zero attached hydrogens (tertiary/aromatic N) is 3. The lowest BCUT2D eigenvalue weighted by Crippen LogP contribution is -2.45. The second-order valence-electron chi connectivity index (χ2n) is 5.00. The molecule has 2 aromatic rings. The van der Waals surface area contributed by atoms with Crippen molar-refractivity contribution >= 4 is 5.91 Å². The maximum Gasteiger partial charge on any atom is 0.224 e. The lowest BCUT2D eigenvalue weighted by Gasteiger charge is -2.19. The molecule has 3 heterocycles. The predicted molar refractivity (Wildman–Crippen MR) is 72.7 cm³/mol. The fraction of sp³-hybridized carbons (Fsp3) is 0.462. The van der Waals surface area contributed by atoms with Crippen LogP contribution in [0, 0.1) is 0 Å². The van der Waals surface area contributed by atoms with Crippen LogP contribution >= 0.6 is 0 Å². The van der Waals surface area contributed by atoms with E-state index in [1.54, 1.807) is 23.3 Å². The maximum atomic E-state index is 12.0. The third-order valence-corrected chi connectivity index (χ3v) is 3.26. The molecule has 3 rings (SSSR count). The molecule has 1 aliphatic rings. The minimum atomic E-state index is -0.208. The van der Waals surface area contributed by atoms with Crippen LogP contribution in [0.4, 0.5) is 0 Å². The minimum absolute atomic E-state index is 0.0701. The molecule has 2 N–H and O–H groups in total. The third kappa shape index (κ3) is 3.40. The van der Waals surface area contributed by atoms with Crippen molar-refractivity contribution in [1.82, 2.24) is 25.3 Å². The van der Waals surface area contributed by atoms with Crippen molar-refractivity contribution < 1.29 is 14.3 Å². The first kappa shape index (κ1) is 13.6. The molecule has 1 saturated heterocycles. The third-order valence-electron chi connectivity index (χ3n) is 3.26. The van der Waals surface area contributed by atoms with Crippen LogP contribution in [-0.2, 0) is 23.0 Å². The number of nitrogens with one attached hydrogen (secondary N) is 2. The van der Waals surface area contributed by atoms with Crippen molar-refractivity contribution in [3.05, 3.63) is 30.4 Å². The fourth-order valence-corrected chi connectivity index (χ4v) is 2.27. The number of H-pyrrole nitrogens is 1. The van der Waals surface area contributed by atoms with Gasteiger partial charge in [0.25, 0.3) is 0 Å². The Hall–Kier alpha value is -2.35. The van der Waals surface area contributed by atoms with Crippen molar-refractivity contribution in [3.8, 4) is 5.75 Å². The summed E-state index contributed by atoms with van der Waals surface area (Å²) in [5.41, 5.74) is 0.876. The Morgan fingerprint density at radius 2 is 2.48 bits per heavy atom. The van der Waals surface area contributed by atoms with Gasteiger partial charge in [0, 0.05) is 13.2 Å². The Morgan fingerprint density at radius 1 is 1.57 bits per heavy atom. The van der Waals surface area contributed by atoms with E-state index >= 15 is 0 Å². The van der Waals surface area contributed by atoms with E-state index in [0.717, 1.165) is 5.56 Å². The number of aryl methyl sites for hydroxylation is 1. The Bertz CT molecular complexity index is 595. The number of ether oxygens (including phenoxy) is 2. The first-order valence-corrected chi connectivity index (χ1v) is 6.71. The Kier molecular flexibility index (Phi) is 3.87. The number of carbonyl (C=O) groups excluding carboxylic acids is 1. The Labute approximate surface area is 121 Å². The summed E-state index contributed by atoms with van der Waals surface area (Å²) in [6.45, 7) is 0.893. The van der Waals surface area contributed by atoms with Crippen molar-refractivity contribution in [2.75, 3.05) is 13.2 Å². The van der Waals surface area contributed by atoms with Crippen LogP contribution in [0.25, 0.3) is 0 Å². The summed E-state index contributed by atoms with van der Waals surface area (Å²) < 4.78 is 12.8. The molecule has 1 fully saturated rings. The highest BCUT2D eigenvalue weighted by molar-refractivity contribution is 5.78. The zero-order chi connectivity index (χ0) is 14.7. The quantitative estimate of drug-likeness (QED) is 0.785. The average molecular weight is 291 g/mol. The van der Waals surface area contributed by atoms with Gasteiger partial charge in [0.05, 0.1) is 44.3 Å². The number of hydrogen-bond acceptors (Lipinski definition) is 5. The summed E-state index contributed by atoms with van der Waals surface area (Å²) in [4.78, 5) is 12.0. The molecule has 0 aliphatic carbocycles. The van der Waals surface area contributed by atoms with Gasteiger partial charge in [-0.1, -0.05) is 0 Å².